The van der Waals surface area contributed by atoms with Gasteiger partial charge in [-0.2, -0.15) is 0 Å². The topological polar surface area (TPSA) is 81.2 Å². The molecule has 0 aliphatic heterocycles. The van der Waals surface area contributed by atoms with E-state index in [-0.39, 0.29) is 5.84 Å². The molecule has 2 rings (SSSR count). The van der Waals surface area contributed by atoms with Gasteiger partial charge in [0.05, 0.1) is 30.5 Å². The fourth-order valence-corrected chi connectivity index (χ4v) is 2.55. The third-order valence-corrected chi connectivity index (χ3v) is 3.91. The van der Waals surface area contributed by atoms with Crippen LogP contribution in [0.15, 0.2) is 23.7 Å². The Morgan fingerprint density at radius 1 is 1.45 bits per heavy atom. The van der Waals surface area contributed by atoms with E-state index in [0.29, 0.717) is 23.7 Å². The Hall–Kier alpha value is -2.08. The number of aromatic nitrogens is 1. The number of nitrogen functional groups attached to an aromatic ring is 1. The van der Waals surface area contributed by atoms with Gasteiger partial charge in [-0.3, -0.25) is 5.41 Å². The molecule has 0 fully saturated rings. The fraction of sp³-hybridized carbons (Fsp3) is 0.286. The van der Waals surface area contributed by atoms with Gasteiger partial charge in [-0.25, -0.2) is 4.98 Å². The molecule has 20 heavy (non-hydrogen) atoms. The Morgan fingerprint density at radius 3 is 2.85 bits per heavy atom. The van der Waals surface area contributed by atoms with E-state index in [1.165, 1.54) is 4.88 Å². The zero-order chi connectivity index (χ0) is 14.5. The van der Waals surface area contributed by atoms with E-state index in [0.717, 1.165) is 12.1 Å². The lowest BCUT2D eigenvalue weighted by molar-refractivity contribution is 0.319. The number of methoxy groups -OCH3 is 1. The van der Waals surface area contributed by atoms with Gasteiger partial charge in [0.15, 0.2) is 0 Å². The Balaban J connectivity index is 2.07. The van der Waals surface area contributed by atoms with Crippen LogP contribution in [0.2, 0.25) is 0 Å². The van der Waals surface area contributed by atoms with Crippen molar-refractivity contribution in [2.45, 2.75) is 13.3 Å². The maximum Gasteiger partial charge on any atom is 0.133 e. The highest BCUT2D eigenvalue weighted by Crippen LogP contribution is 2.25. The average molecular weight is 291 g/mol. The van der Waals surface area contributed by atoms with Gasteiger partial charge in [0.2, 0.25) is 0 Å². The van der Waals surface area contributed by atoms with Gasteiger partial charge in [-0.15, -0.1) is 11.3 Å². The third-order valence-electron chi connectivity index (χ3n) is 2.91. The summed E-state index contributed by atoms with van der Waals surface area (Å²) < 4.78 is 10.9. The summed E-state index contributed by atoms with van der Waals surface area (Å²) in [4.78, 5) is 5.41. The summed E-state index contributed by atoms with van der Waals surface area (Å²) in [5.41, 5.74) is 9.00. The van der Waals surface area contributed by atoms with Crippen molar-refractivity contribution in [1.82, 2.24) is 4.98 Å². The molecule has 0 unspecified atom stereocenters. The van der Waals surface area contributed by atoms with Crippen molar-refractivity contribution in [2.75, 3.05) is 13.7 Å². The molecule has 2 aromatic rings. The number of rotatable bonds is 6. The molecule has 1 heterocycles. The van der Waals surface area contributed by atoms with E-state index in [1.807, 2.05) is 12.4 Å². The first-order chi connectivity index (χ1) is 9.61. The minimum atomic E-state index is -0.0170. The van der Waals surface area contributed by atoms with Crippen LogP contribution in [0.1, 0.15) is 16.1 Å². The molecular weight excluding hydrogens is 274 g/mol. The van der Waals surface area contributed by atoms with Gasteiger partial charge in [0, 0.05) is 17.4 Å². The minimum Gasteiger partial charge on any atom is -0.497 e. The van der Waals surface area contributed by atoms with Crippen LogP contribution < -0.4 is 15.2 Å². The summed E-state index contributed by atoms with van der Waals surface area (Å²) >= 11 is 1.62. The molecule has 0 amide bonds. The van der Waals surface area contributed by atoms with Crippen molar-refractivity contribution < 1.29 is 9.47 Å². The molecular formula is C14H17N3O2S. The number of hydrogen-bond acceptors (Lipinski definition) is 5. The fourth-order valence-electron chi connectivity index (χ4n) is 1.79. The molecule has 0 spiro atoms. The molecule has 0 saturated carbocycles. The first kappa shape index (κ1) is 14.3. The molecule has 1 aromatic heterocycles. The molecule has 0 atom stereocenters. The minimum absolute atomic E-state index is 0.0170. The average Bonchev–Trinajstić information content (AvgIpc) is 2.84. The van der Waals surface area contributed by atoms with Crippen LogP contribution in [0.3, 0.4) is 0 Å². The molecule has 1 aromatic carbocycles. The summed E-state index contributed by atoms with van der Waals surface area (Å²) in [7, 11) is 1.59. The number of hydrogen-bond donors (Lipinski definition) is 2. The maximum absolute atomic E-state index is 7.56. The zero-order valence-corrected chi connectivity index (χ0v) is 12.3. The lowest BCUT2D eigenvalue weighted by Crippen LogP contribution is -2.14. The van der Waals surface area contributed by atoms with E-state index in [4.69, 9.17) is 20.6 Å². The number of thiazole rings is 1. The Kier molecular flexibility index (Phi) is 4.57. The van der Waals surface area contributed by atoms with Crippen LogP contribution in [0, 0.1) is 12.3 Å². The molecule has 0 saturated heterocycles. The van der Waals surface area contributed by atoms with Crippen LogP contribution >= 0.6 is 11.3 Å². The predicted molar refractivity (Wildman–Crippen MR) is 80.1 cm³/mol. The van der Waals surface area contributed by atoms with Crippen molar-refractivity contribution in [3.63, 3.8) is 0 Å². The summed E-state index contributed by atoms with van der Waals surface area (Å²) in [6.45, 7) is 2.49. The van der Waals surface area contributed by atoms with E-state index in [9.17, 15) is 0 Å². The molecule has 0 aliphatic rings. The van der Waals surface area contributed by atoms with Gasteiger partial charge in [0.25, 0.3) is 0 Å². The molecule has 106 valence electrons. The second kappa shape index (κ2) is 6.38. The third kappa shape index (κ3) is 3.27. The SMILES string of the molecule is COc1ccc(C(=N)N)c(OCCc2scnc2C)c1. The Bertz CT molecular complexity index is 610. The predicted octanol–water partition coefficient (Wildman–Crippen LogP) is 2.37. The smallest absolute Gasteiger partial charge is 0.133 e. The second-order valence-corrected chi connectivity index (χ2v) is 5.17. The number of ether oxygens (including phenoxy) is 2. The van der Waals surface area contributed by atoms with Gasteiger partial charge in [-0.05, 0) is 19.1 Å². The van der Waals surface area contributed by atoms with Crippen molar-refractivity contribution >= 4 is 17.2 Å². The summed E-state index contributed by atoms with van der Waals surface area (Å²) in [5, 5.41) is 7.56. The number of amidine groups is 1. The Labute approximate surface area is 121 Å². The normalized spacial score (nSPS) is 10.3. The van der Waals surface area contributed by atoms with Crippen molar-refractivity contribution in [2.24, 2.45) is 5.73 Å². The lowest BCUT2D eigenvalue weighted by Gasteiger charge is -2.12. The highest BCUT2D eigenvalue weighted by atomic mass is 32.1. The highest BCUT2D eigenvalue weighted by Gasteiger charge is 2.09. The molecule has 3 N–H and O–H groups in total. The number of aryl methyl sites for hydroxylation is 1. The van der Waals surface area contributed by atoms with Crippen LogP contribution in [0.4, 0.5) is 0 Å². The van der Waals surface area contributed by atoms with E-state index < -0.39 is 0 Å². The first-order valence-corrected chi connectivity index (χ1v) is 7.04. The van der Waals surface area contributed by atoms with Gasteiger partial charge in [0.1, 0.15) is 17.3 Å². The molecule has 5 nitrogen and oxygen atoms in total. The number of nitrogens with one attached hydrogen (secondary N) is 1. The van der Waals surface area contributed by atoms with Crippen molar-refractivity contribution in [1.29, 1.82) is 5.41 Å². The lowest BCUT2D eigenvalue weighted by atomic mass is 10.1. The second-order valence-electron chi connectivity index (χ2n) is 4.24. The van der Waals surface area contributed by atoms with Gasteiger partial charge < -0.3 is 15.2 Å². The van der Waals surface area contributed by atoms with Crippen LogP contribution in [0.5, 0.6) is 11.5 Å². The summed E-state index contributed by atoms with van der Waals surface area (Å²) in [5.74, 6) is 1.23. The standard InChI is InChI=1S/C14H17N3O2S/c1-9-13(20-8-17-9)5-6-19-12-7-10(18-2)3-4-11(12)14(15)16/h3-4,7-8H,5-6H2,1-2H3,(H3,15,16). The van der Waals surface area contributed by atoms with Crippen molar-refractivity contribution in [3.05, 3.63) is 39.8 Å². The molecule has 6 heteroatoms. The number of benzene rings is 1. The molecule has 0 radical (unpaired) electrons. The quantitative estimate of drug-likeness (QED) is 0.632. The number of nitrogens with two attached hydrogens (primary N) is 1. The van der Waals surface area contributed by atoms with Crippen LogP contribution in [-0.4, -0.2) is 24.5 Å². The van der Waals surface area contributed by atoms with Gasteiger partial charge >= 0.3 is 0 Å². The maximum atomic E-state index is 7.56. The van der Waals surface area contributed by atoms with E-state index in [2.05, 4.69) is 4.98 Å². The summed E-state index contributed by atoms with van der Waals surface area (Å²) in [6.07, 6.45) is 0.783. The number of nitrogens with zero attached hydrogens (tertiary/aromatic N) is 1. The van der Waals surface area contributed by atoms with Crippen LogP contribution in [-0.2, 0) is 6.42 Å². The van der Waals surface area contributed by atoms with Crippen molar-refractivity contribution in [3.8, 4) is 11.5 Å². The largest absolute Gasteiger partial charge is 0.497 e. The summed E-state index contributed by atoms with van der Waals surface area (Å²) in [6, 6.07) is 5.24. The highest BCUT2D eigenvalue weighted by molar-refractivity contribution is 7.09. The zero-order valence-electron chi connectivity index (χ0n) is 11.5. The monoisotopic (exact) mass is 291 g/mol. The molecule has 0 aliphatic carbocycles. The van der Waals surface area contributed by atoms with Crippen LogP contribution in [0.25, 0.3) is 0 Å². The first-order valence-electron chi connectivity index (χ1n) is 6.16. The van der Waals surface area contributed by atoms with E-state index >= 15 is 0 Å². The van der Waals surface area contributed by atoms with E-state index in [1.54, 1.807) is 36.6 Å². The Morgan fingerprint density at radius 2 is 2.25 bits per heavy atom. The van der Waals surface area contributed by atoms with Gasteiger partial charge in [-0.1, -0.05) is 0 Å². The molecule has 0 bridgehead atoms.